The Morgan fingerprint density at radius 1 is 1.16 bits per heavy atom. The molecule has 0 aliphatic carbocycles. The third kappa shape index (κ3) is 9.20. The third-order valence-electron chi connectivity index (χ3n) is 5.60. The molecule has 2 aromatic heterocycles. The molecule has 0 saturated heterocycles. The molecule has 10 nitrogen and oxygen atoms in total. The second kappa shape index (κ2) is 15.0. The van der Waals surface area contributed by atoms with Gasteiger partial charge in [0.1, 0.15) is 35.7 Å². The van der Waals surface area contributed by atoms with E-state index in [2.05, 4.69) is 37.5 Å². The molecule has 0 aliphatic heterocycles. The van der Waals surface area contributed by atoms with Crippen LogP contribution in [0.25, 0.3) is 11.0 Å². The smallest absolute Gasteiger partial charge is 0.326 e. The molecule has 3 rings (SSSR count). The summed E-state index contributed by atoms with van der Waals surface area (Å²) >= 11 is 0. The predicted molar refractivity (Wildman–Crippen MR) is 159 cm³/mol. The van der Waals surface area contributed by atoms with E-state index >= 15 is 0 Å². The number of aromatic nitrogens is 3. The maximum atomic E-state index is 12.4. The number of ether oxygens (including phenoxy) is 2. The van der Waals surface area contributed by atoms with E-state index in [0.29, 0.717) is 11.6 Å². The largest absolute Gasteiger partial charge is 0.495 e. The number of rotatable bonds is 12. The third-order valence-corrected chi connectivity index (χ3v) is 5.60. The van der Waals surface area contributed by atoms with Crippen LogP contribution in [0.15, 0.2) is 30.7 Å². The van der Waals surface area contributed by atoms with Crippen LogP contribution >= 0.6 is 24.8 Å². The zero-order chi connectivity index (χ0) is 26.3. The van der Waals surface area contributed by atoms with Crippen LogP contribution in [-0.4, -0.2) is 79.3 Å². The van der Waals surface area contributed by atoms with Crippen molar-refractivity contribution in [1.29, 1.82) is 0 Å². The highest BCUT2D eigenvalue weighted by Gasteiger charge is 2.20. The van der Waals surface area contributed by atoms with Crippen molar-refractivity contribution in [2.45, 2.75) is 39.3 Å². The van der Waals surface area contributed by atoms with Crippen LogP contribution in [0.5, 0.6) is 5.75 Å². The van der Waals surface area contributed by atoms with E-state index in [4.69, 9.17) is 9.47 Å². The Hall–Kier alpha value is -2.79. The number of carbonyl (C=O) groups is 1. The van der Waals surface area contributed by atoms with E-state index in [1.807, 2.05) is 64.2 Å². The molecule has 3 N–H and O–H groups in total. The van der Waals surface area contributed by atoms with Crippen LogP contribution in [0.4, 0.5) is 17.2 Å². The number of hydrogen-bond donors (Lipinski definition) is 3. The molecule has 0 fully saturated rings. The summed E-state index contributed by atoms with van der Waals surface area (Å²) in [5.74, 6) is 1.06. The van der Waals surface area contributed by atoms with Crippen molar-refractivity contribution in [2.75, 3.05) is 58.1 Å². The molecule has 0 aliphatic rings. The first-order valence-corrected chi connectivity index (χ1v) is 12.1. The Bertz CT molecular complexity index is 1170. The van der Waals surface area contributed by atoms with Gasteiger partial charge < -0.3 is 34.9 Å². The highest BCUT2D eigenvalue weighted by Crippen LogP contribution is 2.33. The molecule has 0 radical (unpaired) electrons. The summed E-state index contributed by atoms with van der Waals surface area (Å²) in [6, 6.07) is 5.73. The van der Waals surface area contributed by atoms with E-state index in [1.165, 1.54) is 0 Å². The van der Waals surface area contributed by atoms with Crippen molar-refractivity contribution in [3.8, 4) is 5.75 Å². The SMILES string of the molecule is CNCCCN(C)Cc1c[nH]c2ncnc(Nc3ccc(OC)c(N(C)CC(=O)OC(C)(C)C)c3)c12.Cl.Cl. The van der Waals surface area contributed by atoms with Crippen molar-refractivity contribution in [3.63, 3.8) is 0 Å². The molecule has 0 spiro atoms. The molecule has 0 saturated carbocycles. The van der Waals surface area contributed by atoms with Crippen LogP contribution < -0.4 is 20.3 Å². The minimum Gasteiger partial charge on any atom is -0.495 e. The number of halogens is 2. The molecule has 0 amide bonds. The summed E-state index contributed by atoms with van der Waals surface area (Å²) in [6.07, 6.45) is 4.61. The van der Waals surface area contributed by atoms with Crippen LogP contribution in [-0.2, 0) is 16.1 Å². The van der Waals surface area contributed by atoms with Gasteiger partial charge >= 0.3 is 5.97 Å². The Morgan fingerprint density at radius 3 is 2.55 bits per heavy atom. The van der Waals surface area contributed by atoms with Crippen LogP contribution in [0, 0.1) is 0 Å². The fraction of sp³-hybridized carbons (Fsp3) is 0.500. The number of hydrogen-bond acceptors (Lipinski definition) is 9. The normalized spacial score (nSPS) is 11.1. The lowest BCUT2D eigenvalue weighted by molar-refractivity contribution is -0.152. The Morgan fingerprint density at radius 2 is 1.89 bits per heavy atom. The van der Waals surface area contributed by atoms with Gasteiger partial charge in [-0.25, -0.2) is 9.97 Å². The van der Waals surface area contributed by atoms with E-state index in [-0.39, 0.29) is 37.3 Å². The molecule has 0 unspecified atom stereocenters. The number of carbonyl (C=O) groups excluding carboxylic acids is 1. The fourth-order valence-electron chi connectivity index (χ4n) is 4.00. The molecular weight excluding hydrogens is 529 g/mol. The van der Waals surface area contributed by atoms with Crippen LogP contribution in [0.3, 0.4) is 0 Å². The summed E-state index contributed by atoms with van der Waals surface area (Å²) in [4.78, 5) is 28.7. The lowest BCUT2D eigenvalue weighted by Gasteiger charge is -2.25. The first-order chi connectivity index (χ1) is 17.1. The number of nitrogens with zero attached hydrogens (tertiary/aromatic N) is 4. The lowest BCUT2D eigenvalue weighted by Crippen LogP contribution is -2.32. The maximum absolute atomic E-state index is 12.4. The molecular formula is C26H41Cl2N7O3. The van der Waals surface area contributed by atoms with Crippen molar-refractivity contribution < 1.29 is 14.3 Å². The van der Waals surface area contributed by atoms with Crippen molar-refractivity contribution in [3.05, 3.63) is 36.3 Å². The summed E-state index contributed by atoms with van der Waals surface area (Å²) in [6.45, 7) is 8.40. The lowest BCUT2D eigenvalue weighted by atomic mass is 10.2. The van der Waals surface area contributed by atoms with Gasteiger partial charge in [-0.3, -0.25) is 4.79 Å². The Labute approximate surface area is 237 Å². The van der Waals surface area contributed by atoms with E-state index < -0.39 is 5.60 Å². The van der Waals surface area contributed by atoms with E-state index in [0.717, 1.165) is 54.0 Å². The van der Waals surface area contributed by atoms with Gasteiger partial charge in [-0.15, -0.1) is 24.8 Å². The van der Waals surface area contributed by atoms with E-state index in [9.17, 15) is 4.79 Å². The highest BCUT2D eigenvalue weighted by atomic mass is 35.5. The van der Waals surface area contributed by atoms with Gasteiger partial charge in [0.15, 0.2) is 0 Å². The molecule has 3 aromatic rings. The molecule has 0 bridgehead atoms. The Kier molecular flexibility index (Phi) is 13.1. The summed E-state index contributed by atoms with van der Waals surface area (Å²) in [5.41, 5.74) is 2.94. The number of nitrogens with one attached hydrogen (secondary N) is 3. The Balaban J connectivity index is 0.00000361. The van der Waals surface area contributed by atoms with E-state index in [1.54, 1.807) is 13.4 Å². The number of methoxy groups -OCH3 is 1. The first kappa shape index (κ1) is 33.2. The molecule has 2 heterocycles. The summed E-state index contributed by atoms with van der Waals surface area (Å²) in [5, 5.41) is 7.58. The molecule has 38 heavy (non-hydrogen) atoms. The van der Waals surface area contributed by atoms with Crippen LogP contribution in [0.2, 0.25) is 0 Å². The number of fused-ring (bicyclic) bond motifs is 1. The van der Waals surface area contributed by atoms with Gasteiger partial charge in [0.2, 0.25) is 0 Å². The molecule has 1 aromatic carbocycles. The zero-order valence-electron chi connectivity index (χ0n) is 23.3. The van der Waals surface area contributed by atoms with Crippen molar-refractivity contribution >= 4 is 59.0 Å². The second-order valence-corrected chi connectivity index (χ2v) is 9.91. The summed E-state index contributed by atoms with van der Waals surface area (Å²) in [7, 11) is 7.53. The zero-order valence-corrected chi connectivity index (χ0v) is 24.9. The molecule has 12 heteroatoms. The minimum atomic E-state index is -0.543. The first-order valence-electron chi connectivity index (χ1n) is 12.1. The second-order valence-electron chi connectivity index (χ2n) is 9.91. The highest BCUT2D eigenvalue weighted by molar-refractivity contribution is 5.92. The molecule has 0 atom stereocenters. The van der Waals surface area contributed by atoms with Gasteiger partial charge in [-0.05, 0) is 78.1 Å². The fourth-order valence-corrected chi connectivity index (χ4v) is 4.00. The molecule has 212 valence electrons. The minimum absolute atomic E-state index is 0. The van der Waals surface area contributed by atoms with Crippen molar-refractivity contribution in [1.82, 2.24) is 25.2 Å². The van der Waals surface area contributed by atoms with Gasteiger partial charge in [-0.1, -0.05) is 0 Å². The number of anilines is 3. The van der Waals surface area contributed by atoms with Gasteiger partial charge in [0.25, 0.3) is 0 Å². The monoisotopic (exact) mass is 569 g/mol. The quantitative estimate of drug-likeness (QED) is 0.216. The average Bonchev–Trinajstić information content (AvgIpc) is 3.21. The number of aromatic amines is 1. The average molecular weight is 571 g/mol. The predicted octanol–water partition coefficient (Wildman–Crippen LogP) is 4.37. The van der Waals surface area contributed by atoms with Gasteiger partial charge in [-0.2, -0.15) is 0 Å². The van der Waals surface area contributed by atoms with Crippen molar-refractivity contribution in [2.24, 2.45) is 0 Å². The van der Waals surface area contributed by atoms with Crippen LogP contribution in [0.1, 0.15) is 32.8 Å². The van der Waals surface area contributed by atoms with Gasteiger partial charge in [0.05, 0.1) is 18.2 Å². The number of likely N-dealkylation sites (N-methyl/N-ethyl adjacent to an activating group) is 1. The number of H-pyrrole nitrogens is 1. The maximum Gasteiger partial charge on any atom is 0.326 e. The number of benzene rings is 1. The topological polar surface area (TPSA) is 108 Å². The number of esters is 1. The standard InChI is InChI=1S/C26H39N7O3.2ClH/c1-26(2,3)36-22(34)16-33(6)20-13-19(9-10-21(20)35-7)31-25-23-18(14-28-24(23)29-17-30-25)15-32(5)12-8-11-27-4;;/h9-10,13-14,17,27H,8,11-12,15-16H2,1-7H3,(H2,28,29,30,31);2*1H. The summed E-state index contributed by atoms with van der Waals surface area (Å²) < 4.78 is 11.0. The van der Waals surface area contributed by atoms with Gasteiger partial charge in [0, 0.05) is 25.5 Å².